The number of aliphatic hydroxyl groups excluding tert-OH is 1. The van der Waals surface area contributed by atoms with Crippen molar-refractivity contribution in [3.8, 4) is 5.75 Å². The van der Waals surface area contributed by atoms with Crippen LogP contribution in [0.15, 0.2) is 24.3 Å². The first-order valence-electron chi connectivity index (χ1n) is 8.13. The number of nitrogens with zero attached hydrogens (tertiary/aromatic N) is 1. The van der Waals surface area contributed by atoms with Crippen LogP contribution in [0.25, 0.3) is 0 Å². The first kappa shape index (κ1) is 17.9. The predicted molar refractivity (Wildman–Crippen MR) is 95.4 cm³/mol. The molecule has 1 fully saturated rings. The van der Waals surface area contributed by atoms with Gasteiger partial charge in [0.05, 0.1) is 12.7 Å². The highest BCUT2D eigenvalue weighted by atomic mass is 32.2. The molecular weight excluding hydrogens is 312 g/mol. The minimum Gasteiger partial charge on any atom is -0.491 e. The lowest BCUT2D eigenvalue weighted by Crippen LogP contribution is -2.46. The third kappa shape index (κ3) is 5.62. The third-order valence-electron chi connectivity index (χ3n) is 3.71. The fourth-order valence-electron chi connectivity index (χ4n) is 2.64. The Morgan fingerprint density at radius 1 is 1.35 bits per heavy atom. The summed E-state index contributed by atoms with van der Waals surface area (Å²) in [5.74, 6) is 2.93. The van der Waals surface area contributed by atoms with E-state index < -0.39 is 0 Å². The third-order valence-corrected chi connectivity index (χ3v) is 4.76. The molecule has 2 amide bonds. The van der Waals surface area contributed by atoms with E-state index in [4.69, 9.17) is 4.74 Å². The SMILES string of the molecule is CC(C)Oc1ccc(NC(=O)N(CCO)C2CCSCC2)cc1. The van der Waals surface area contributed by atoms with Crippen LogP contribution in [-0.4, -0.2) is 52.8 Å². The Balaban J connectivity index is 1.97. The molecule has 0 spiro atoms. The molecule has 0 saturated carbocycles. The molecule has 0 aliphatic carbocycles. The van der Waals surface area contributed by atoms with Gasteiger partial charge in [-0.05, 0) is 62.5 Å². The van der Waals surface area contributed by atoms with Gasteiger partial charge >= 0.3 is 6.03 Å². The minimum absolute atomic E-state index is 0.0156. The predicted octanol–water partition coefficient (Wildman–Crippen LogP) is 3.20. The Labute approximate surface area is 142 Å². The second-order valence-electron chi connectivity index (χ2n) is 5.88. The van der Waals surface area contributed by atoms with E-state index in [0.29, 0.717) is 6.54 Å². The van der Waals surface area contributed by atoms with Crippen LogP contribution in [0, 0.1) is 0 Å². The monoisotopic (exact) mass is 338 g/mol. The number of urea groups is 1. The van der Waals surface area contributed by atoms with Crippen LogP contribution in [0.1, 0.15) is 26.7 Å². The Morgan fingerprint density at radius 3 is 2.57 bits per heavy atom. The summed E-state index contributed by atoms with van der Waals surface area (Å²) in [5, 5.41) is 12.2. The summed E-state index contributed by atoms with van der Waals surface area (Å²) in [6.45, 7) is 4.31. The molecule has 1 aliphatic heterocycles. The molecule has 1 aromatic carbocycles. The van der Waals surface area contributed by atoms with Gasteiger partial charge in [-0.3, -0.25) is 0 Å². The Kier molecular flexibility index (Phi) is 7.05. The van der Waals surface area contributed by atoms with Crippen LogP contribution in [-0.2, 0) is 0 Å². The lowest BCUT2D eigenvalue weighted by Gasteiger charge is -2.33. The standard InChI is InChI=1S/C17H26N2O3S/c1-13(2)22-16-5-3-14(4-6-16)18-17(21)19(9-10-20)15-7-11-23-12-8-15/h3-6,13,15,20H,7-12H2,1-2H3,(H,18,21). The second-order valence-corrected chi connectivity index (χ2v) is 7.11. The Hall–Kier alpha value is -1.40. The smallest absolute Gasteiger partial charge is 0.322 e. The first-order chi connectivity index (χ1) is 11.1. The number of rotatable bonds is 6. The molecule has 1 heterocycles. The second kappa shape index (κ2) is 9.03. The van der Waals surface area contributed by atoms with E-state index in [1.165, 1.54) is 0 Å². The van der Waals surface area contributed by atoms with Gasteiger partial charge in [-0.2, -0.15) is 11.8 Å². The zero-order valence-electron chi connectivity index (χ0n) is 13.8. The molecule has 1 saturated heterocycles. The van der Waals surface area contributed by atoms with Crippen LogP contribution >= 0.6 is 11.8 Å². The first-order valence-corrected chi connectivity index (χ1v) is 9.28. The van der Waals surface area contributed by atoms with Crippen LogP contribution in [0.4, 0.5) is 10.5 Å². The van der Waals surface area contributed by atoms with Gasteiger partial charge in [0.1, 0.15) is 5.75 Å². The molecule has 0 aromatic heterocycles. The number of anilines is 1. The molecule has 0 radical (unpaired) electrons. The Bertz CT molecular complexity index is 487. The molecule has 5 nitrogen and oxygen atoms in total. The molecule has 0 atom stereocenters. The van der Waals surface area contributed by atoms with Gasteiger partial charge in [-0.15, -0.1) is 0 Å². The van der Waals surface area contributed by atoms with Crippen molar-refractivity contribution in [1.82, 2.24) is 4.90 Å². The number of ether oxygens (including phenoxy) is 1. The quantitative estimate of drug-likeness (QED) is 0.836. The maximum Gasteiger partial charge on any atom is 0.322 e. The number of nitrogens with one attached hydrogen (secondary N) is 1. The van der Waals surface area contributed by atoms with E-state index in [2.05, 4.69) is 5.32 Å². The molecular formula is C17H26N2O3S. The number of benzene rings is 1. The van der Waals surface area contributed by atoms with Gasteiger partial charge in [0, 0.05) is 18.3 Å². The number of hydrogen-bond acceptors (Lipinski definition) is 4. The average molecular weight is 338 g/mol. The van der Waals surface area contributed by atoms with E-state index in [1.54, 1.807) is 4.90 Å². The highest BCUT2D eigenvalue weighted by Gasteiger charge is 2.25. The number of carbonyl (C=O) groups is 1. The lowest BCUT2D eigenvalue weighted by molar-refractivity contribution is 0.158. The number of aliphatic hydroxyl groups is 1. The van der Waals surface area contributed by atoms with Gasteiger partial charge in [-0.1, -0.05) is 0 Å². The fourth-order valence-corrected chi connectivity index (χ4v) is 3.72. The molecule has 6 heteroatoms. The van der Waals surface area contributed by atoms with Crippen LogP contribution < -0.4 is 10.1 Å². The Morgan fingerprint density at radius 2 is 2.00 bits per heavy atom. The fraction of sp³-hybridized carbons (Fsp3) is 0.588. The van der Waals surface area contributed by atoms with Gasteiger partial charge < -0.3 is 20.1 Å². The van der Waals surface area contributed by atoms with E-state index >= 15 is 0 Å². The van der Waals surface area contributed by atoms with E-state index in [9.17, 15) is 9.90 Å². The average Bonchev–Trinajstić information content (AvgIpc) is 2.54. The molecule has 23 heavy (non-hydrogen) atoms. The van der Waals surface area contributed by atoms with Crippen molar-refractivity contribution in [2.24, 2.45) is 0 Å². The van der Waals surface area contributed by atoms with E-state index in [-0.39, 0.29) is 24.8 Å². The summed E-state index contributed by atoms with van der Waals surface area (Å²) < 4.78 is 5.60. The van der Waals surface area contributed by atoms with Crippen molar-refractivity contribution in [1.29, 1.82) is 0 Å². The summed E-state index contributed by atoms with van der Waals surface area (Å²) in [7, 11) is 0. The van der Waals surface area contributed by atoms with Gasteiger partial charge in [0.15, 0.2) is 0 Å². The topological polar surface area (TPSA) is 61.8 Å². The van der Waals surface area contributed by atoms with Gasteiger partial charge in [0.25, 0.3) is 0 Å². The molecule has 0 bridgehead atoms. The maximum absolute atomic E-state index is 12.5. The maximum atomic E-state index is 12.5. The minimum atomic E-state index is -0.145. The van der Waals surface area contributed by atoms with Gasteiger partial charge in [0.2, 0.25) is 0 Å². The van der Waals surface area contributed by atoms with Crippen molar-refractivity contribution >= 4 is 23.5 Å². The molecule has 1 aliphatic rings. The molecule has 1 aromatic rings. The number of carbonyl (C=O) groups excluding carboxylic acids is 1. The molecule has 2 N–H and O–H groups in total. The summed E-state index contributed by atoms with van der Waals surface area (Å²) >= 11 is 1.92. The molecule has 0 unspecified atom stereocenters. The van der Waals surface area contributed by atoms with Crippen LogP contribution in [0.5, 0.6) is 5.75 Å². The van der Waals surface area contributed by atoms with Crippen LogP contribution in [0.3, 0.4) is 0 Å². The zero-order valence-corrected chi connectivity index (χ0v) is 14.6. The largest absolute Gasteiger partial charge is 0.491 e. The lowest BCUT2D eigenvalue weighted by atomic mass is 10.1. The highest BCUT2D eigenvalue weighted by molar-refractivity contribution is 7.99. The number of hydrogen-bond donors (Lipinski definition) is 2. The van der Waals surface area contributed by atoms with E-state index in [1.807, 2.05) is 49.9 Å². The molecule has 128 valence electrons. The molecule has 2 rings (SSSR count). The van der Waals surface area contributed by atoms with Gasteiger partial charge in [-0.25, -0.2) is 4.79 Å². The normalized spacial score (nSPS) is 15.5. The summed E-state index contributed by atoms with van der Waals surface area (Å²) in [6, 6.07) is 7.44. The van der Waals surface area contributed by atoms with Crippen molar-refractivity contribution < 1.29 is 14.6 Å². The van der Waals surface area contributed by atoms with E-state index in [0.717, 1.165) is 35.8 Å². The van der Waals surface area contributed by atoms with Crippen molar-refractivity contribution in [2.45, 2.75) is 38.8 Å². The highest BCUT2D eigenvalue weighted by Crippen LogP contribution is 2.23. The summed E-state index contributed by atoms with van der Waals surface area (Å²) in [4.78, 5) is 14.3. The van der Waals surface area contributed by atoms with Crippen molar-refractivity contribution in [3.05, 3.63) is 24.3 Å². The number of thioether (sulfide) groups is 1. The van der Waals surface area contributed by atoms with Crippen molar-refractivity contribution in [2.75, 3.05) is 30.0 Å². The summed E-state index contributed by atoms with van der Waals surface area (Å²) in [6.07, 6.45) is 2.10. The number of amides is 2. The van der Waals surface area contributed by atoms with Crippen LogP contribution in [0.2, 0.25) is 0 Å². The zero-order chi connectivity index (χ0) is 16.7. The van der Waals surface area contributed by atoms with Crippen molar-refractivity contribution in [3.63, 3.8) is 0 Å². The summed E-state index contributed by atoms with van der Waals surface area (Å²) in [5.41, 5.74) is 0.735.